The fourth-order valence-corrected chi connectivity index (χ4v) is 4.83. The van der Waals surface area contributed by atoms with Crippen LogP contribution in [0.5, 0.6) is 0 Å². The van der Waals surface area contributed by atoms with Gasteiger partial charge < -0.3 is 25.5 Å². The summed E-state index contributed by atoms with van der Waals surface area (Å²) in [6, 6.07) is 9.93. The number of piperidine rings is 1. The number of aliphatic hydroxyl groups is 1. The molecular weight excluding hydrogens is 474 g/mol. The third-order valence-electron chi connectivity index (χ3n) is 6.67. The van der Waals surface area contributed by atoms with E-state index in [1.54, 1.807) is 17.9 Å². The van der Waals surface area contributed by atoms with Gasteiger partial charge in [0.1, 0.15) is 30.7 Å². The second-order valence-electron chi connectivity index (χ2n) is 9.50. The average molecular weight is 510 g/mol. The van der Waals surface area contributed by atoms with Crippen molar-refractivity contribution in [1.82, 2.24) is 25.1 Å². The second kappa shape index (κ2) is 12.6. The minimum absolute atomic E-state index is 0.0182. The molecule has 3 N–H and O–H groups in total. The van der Waals surface area contributed by atoms with Gasteiger partial charge >= 0.3 is 0 Å². The highest BCUT2D eigenvalue weighted by Crippen LogP contribution is 2.19. The minimum Gasteiger partial charge on any atom is -0.399 e. The van der Waals surface area contributed by atoms with Crippen molar-refractivity contribution < 1.29 is 19.5 Å². The van der Waals surface area contributed by atoms with Crippen LogP contribution in [0.4, 0.5) is 5.82 Å². The fourth-order valence-electron chi connectivity index (χ4n) is 4.83. The smallest absolute Gasteiger partial charge is 0.271 e. The molecule has 37 heavy (non-hydrogen) atoms. The van der Waals surface area contributed by atoms with E-state index in [0.29, 0.717) is 31.2 Å². The molecule has 1 aromatic heterocycles. The molecule has 2 aliphatic rings. The number of anilines is 1. The number of hydrogen-bond donors (Lipinski definition) is 3. The number of oxime groups is 1. The van der Waals surface area contributed by atoms with E-state index < -0.39 is 6.10 Å². The Hall–Kier alpha value is -3.57. The summed E-state index contributed by atoms with van der Waals surface area (Å²) in [5.74, 6) is -0.0296. The molecule has 1 saturated heterocycles. The van der Waals surface area contributed by atoms with Gasteiger partial charge in [0.05, 0.1) is 6.10 Å². The maximum Gasteiger partial charge on any atom is 0.271 e. The number of fused-ring (bicyclic) bond motifs is 1. The molecule has 2 unspecified atom stereocenters. The van der Waals surface area contributed by atoms with Crippen molar-refractivity contribution in [2.24, 2.45) is 5.16 Å². The molecule has 0 aliphatic carbocycles. The Morgan fingerprint density at radius 2 is 2.05 bits per heavy atom. The lowest BCUT2D eigenvalue weighted by Gasteiger charge is -2.33. The van der Waals surface area contributed by atoms with E-state index in [1.165, 1.54) is 24.6 Å². The Labute approximate surface area is 216 Å². The average Bonchev–Trinajstić information content (AvgIpc) is 2.91. The molecule has 0 radical (unpaired) electrons. The van der Waals surface area contributed by atoms with Crippen molar-refractivity contribution in [3.05, 3.63) is 53.5 Å². The molecular formula is C26H35N7O4. The Morgan fingerprint density at radius 1 is 1.24 bits per heavy atom. The maximum absolute atomic E-state index is 12.7. The van der Waals surface area contributed by atoms with Crippen LogP contribution < -0.4 is 10.6 Å². The quantitative estimate of drug-likeness (QED) is 0.338. The van der Waals surface area contributed by atoms with Gasteiger partial charge in [-0.3, -0.25) is 14.5 Å². The Balaban J connectivity index is 1.26. The molecule has 11 heteroatoms. The zero-order chi connectivity index (χ0) is 26.2. The van der Waals surface area contributed by atoms with Crippen LogP contribution in [0.3, 0.4) is 0 Å². The third-order valence-corrected chi connectivity index (χ3v) is 6.67. The van der Waals surface area contributed by atoms with E-state index in [0.717, 1.165) is 32.4 Å². The minimum atomic E-state index is -0.690. The van der Waals surface area contributed by atoms with Crippen LogP contribution in [0.15, 0.2) is 41.8 Å². The first kappa shape index (κ1) is 26.5. The van der Waals surface area contributed by atoms with Crippen LogP contribution in [0.25, 0.3) is 0 Å². The highest BCUT2D eigenvalue weighted by Gasteiger charge is 2.26. The molecule has 1 aromatic carbocycles. The lowest BCUT2D eigenvalue weighted by atomic mass is 10.00. The molecule has 11 nitrogen and oxygen atoms in total. The molecule has 0 bridgehead atoms. The summed E-state index contributed by atoms with van der Waals surface area (Å²) in [5.41, 5.74) is 3.16. The number of nitrogens with one attached hydrogen (secondary N) is 2. The summed E-state index contributed by atoms with van der Waals surface area (Å²) in [6.07, 6.45) is 3.30. The lowest BCUT2D eigenvalue weighted by molar-refractivity contribution is -0.125. The van der Waals surface area contributed by atoms with Crippen molar-refractivity contribution in [2.75, 3.05) is 45.2 Å². The second-order valence-corrected chi connectivity index (χ2v) is 9.50. The Bertz CT molecular complexity index is 1130. The predicted molar refractivity (Wildman–Crippen MR) is 139 cm³/mol. The Kier molecular flexibility index (Phi) is 9.02. The standard InChI is InChI=1S/C26H35N7O4/c1-18(31-37-2)26(36)33-10-5-8-21(15-33)30-24-12-23(28-17-29-24)25(35)27-13-22(34)16-32-11-9-19-6-3-4-7-20(19)14-32/h3-4,6-7,12,17,21-22,34H,5,8-11,13-16H2,1-2H3,(H,27,35)(H,28,29,30). The Morgan fingerprint density at radius 3 is 2.86 bits per heavy atom. The number of aromatic nitrogens is 2. The maximum atomic E-state index is 12.7. The van der Waals surface area contributed by atoms with Crippen molar-refractivity contribution in [3.8, 4) is 0 Å². The van der Waals surface area contributed by atoms with Gasteiger partial charge in [-0.05, 0) is 37.3 Å². The molecule has 2 atom stereocenters. The molecule has 2 amide bonds. The summed E-state index contributed by atoms with van der Waals surface area (Å²) < 4.78 is 0. The van der Waals surface area contributed by atoms with Crippen molar-refractivity contribution in [1.29, 1.82) is 0 Å². The van der Waals surface area contributed by atoms with Gasteiger partial charge in [0, 0.05) is 51.4 Å². The van der Waals surface area contributed by atoms with Gasteiger partial charge in [0.2, 0.25) is 0 Å². The van der Waals surface area contributed by atoms with Crippen LogP contribution in [-0.4, -0.2) is 94.4 Å². The first-order valence-electron chi connectivity index (χ1n) is 12.6. The SMILES string of the molecule is CON=C(C)C(=O)N1CCCC(Nc2cc(C(=O)NCC(O)CN3CCc4ccccc4C3)ncn2)C1. The molecule has 4 rings (SSSR count). The van der Waals surface area contributed by atoms with E-state index in [-0.39, 0.29) is 30.1 Å². The number of carbonyl (C=O) groups excluding carboxylic acids is 2. The largest absolute Gasteiger partial charge is 0.399 e. The number of aliphatic hydroxyl groups excluding tert-OH is 1. The number of rotatable bonds is 9. The van der Waals surface area contributed by atoms with Crippen LogP contribution >= 0.6 is 0 Å². The predicted octanol–water partition coefficient (Wildman–Crippen LogP) is 1.05. The zero-order valence-corrected chi connectivity index (χ0v) is 21.4. The van der Waals surface area contributed by atoms with E-state index in [9.17, 15) is 14.7 Å². The summed E-state index contributed by atoms with van der Waals surface area (Å²) >= 11 is 0. The van der Waals surface area contributed by atoms with Gasteiger partial charge in [-0.15, -0.1) is 0 Å². The van der Waals surface area contributed by atoms with Crippen molar-refractivity contribution in [2.45, 2.75) is 44.9 Å². The van der Waals surface area contributed by atoms with Gasteiger partial charge in [-0.2, -0.15) is 0 Å². The molecule has 2 aliphatic heterocycles. The first-order valence-corrected chi connectivity index (χ1v) is 12.6. The number of β-amino-alcohol motifs (C(OH)–C–C–N with tert-alkyl or cyclic N) is 1. The normalized spacial score (nSPS) is 19.1. The summed E-state index contributed by atoms with van der Waals surface area (Å²) in [5, 5.41) is 20.3. The lowest BCUT2D eigenvalue weighted by Crippen LogP contribution is -2.47. The number of benzene rings is 1. The molecule has 3 heterocycles. The fraction of sp³-hybridized carbons (Fsp3) is 0.500. The van der Waals surface area contributed by atoms with Gasteiger partial charge in [0.15, 0.2) is 0 Å². The van der Waals surface area contributed by atoms with E-state index >= 15 is 0 Å². The van der Waals surface area contributed by atoms with Gasteiger partial charge in [-0.25, -0.2) is 9.97 Å². The monoisotopic (exact) mass is 509 g/mol. The third kappa shape index (κ3) is 7.23. The van der Waals surface area contributed by atoms with Crippen LogP contribution in [-0.2, 0) is 22.6 Å². The molecule has 1 fully saturated rings. The van der Waals surface area contributed by atoms with E-state index in [1.807, 2.05) is 6.07 Å². The number of carbonyl (C=O) groups is 2. The molecule has 0 saturated carbocycles. The van der Waals surface area contributed by atoms with Crippen LogP contribution in [0, 0.1) is 0 Å². The van der Waals surface area contributed by atoms with Gasteiger partial charge in [-0.1, -0.05) is 29.4 Å². The summed E-state index contributed by atoms with van der Waals surface area (Å²) in [6.45, 7) is 5.06. The number of hydrogen-bond acceptors (Lipinski definition) is 9. The molecule has 0 spiro atoms. The van der Waals surface area contributed by atoms with Crippen molar-refractivity contribution in [3.63, 3.8) is 0 Å². The van der Waals surface area contributed by atoms with Crippen LogP contribution in [0.2, 0.25) is 0 Å². The number of amides is 2. The highest BCUT2D eigenvalue weighted by molar-refractivity contribution is 6.37. The van der Waals surface area contributed by atoms with E-state index in [2.05, 4.69) is 48.9 Å². The van der Waals surface area contributed by atoms with E-state index in [4.69, 9.17) is 4.84 Å². The summed E-state index contributed by atoms with van der Waals surface area (Å²) in [4.78, 5) is 42.2. The molecule has 2 aromatic rings. The summed E-state index contributed by atoms with van der Waals surface area (Å²) in [7, 11) is 1.41. The molecule has 198 valence electrons. The zero-order valence-electron chi connectivity index (χ0n) is 21.4. The number of likely N-dealkylation sites (tertiary alicyclic amines) is 1. The highest BCUT2D eigenvalue weighted by atomic mass is 16.6. The number of nitrogens with zero attached hydrogens (tertiary/aromatic N) is 5. The topological polar surface area (TPSA) is 132 Å². The van der Waals surface area contributed by atoms with Crippen molar-refractivity contribution >= 4 is 23.3 Å². The first-order chi connectivity index (χ1) is 17.9. The van der Waals surface area contributed by atoms with Crippen LogP contribution in [0.1, 0.15) is 41.4 Å². The van der Waals surface area contributed by atoms with Gasteiger partial charge in [0.25, 0.3) is 11.8 Å².